The molecule has 3 nitrogen and oxygen atoms in total. The zero-order chi connectivity index (χ0) is 13.4. The zero-order valence-electron chi connectivity index (χ0n) is 10.4. The molecule has 0 bridgehead atoms. The average Bonchev–Trinajstić information content (AvgIpc) is 2.39. The maximum Gasteiger partial charge on any atom is 0.326 e. The summed E-state index contributed by atoms with van der Waals surface area (Å²) in [6.45, 7) is 1.85. The number of benzene rings is 2. The summed E-state index contributed by atoms with van der Waals surface area (Å²) in [6, 6.07) is 14.3. The molecule has 2 aromatic rings. The van der Waals surface area contributed by atoms with Crippen LogP contribution in [0.2, 0.25) is 0 Å². The molecule has 0 fully saturated rings. The molecule has 1 aliphatic heterocycles. The smallest absolute Gasteiger partial charge is 0.326 e. The molecule has 0 radical (unpaired) electrons. The van der Waals surface area contributed by atoms with Crippen LogP contribution < -0.4 is 4.74 Å². The van der Waals surface area contributed by atoms with Gasteiger partial charge in [0.25, 0.3) is 0 Å². The SMILES string of the molecule is Cc1cccc2c1C(=O)C(c1ccccc1)C(=O)O2. The quantitative estimate of drug-likeness (QED) is 0.445. The van der Waals surface area contributed by atoms with E-state index < -0.39 is 11.9 Å². The van der Waals surface area contributed by atoms with Crippen LogP contribution in [0.5, 0.6) is 5.75 Å². The first-order valence-electron chi connectivity index (χ1n) is 6.09. The highest BCUT2D eigenvalue weighted by atomic mass is 16.5. The van der Waals surface area contributed by atoms with Gasteiger partial charge in [0.15, 0.2) is 5.78 Å². The number of carbonyl (C=O) groups is 2. The highest BCUT2D eigenvalue weighted by molar-refractivity contribution is 6.17. The fraction of sp³-hybridized carbons (Fsp3) is 0.125. The van der Waals surface area contributed by atoms with Gasteiger partial charge in [0.1, 0.15) is 11.7 Å². The van der Waals surface area contributed by atoms with Gasteiger partial charge in [0, 0.05) is 0 Å². The first-order valence-corrected chi connectivity index (χ1v) is 6.09. The normalized spacial score (nSPS) is 17.8. The number of Topliss-reactive ketones (excluding diaryl/α,β-unsaturated/α-hetero) is 1. The maximum atomic E-state index is 12.5. The van der Waals surface area contributed by atoms with Crippen LogP contribution in [-0.4, -0.2) is 11.8 Å². The van der Waals surface area contributed by atoms with Gasteiger partial charge in [-0.3, -0.25) is 9.59 Å². The molecule has 0 spiro atoms. The van der Waals surface area contributed by atoms with E-state index in [0.29, 0.717) is 16.9 Å². The molecule has 1 aliphatic rings. The molecule has 0 saturated heterocycles. The van der Waals surface area contributed by atoms with E-state index in [2.05, 4.69) is 0 Å². The van der Waals surface area contributed by atoms with Crippen molar-refractivity contribution in [1.29, 1.82) is 0 Å². The fourth-order valence-corrected chi connectivity index (χ4v) is 2.39. The summed E-state index contributed by atoms with van der Waals surface area (Å²) in [5.74, 6) is -1.18. The van der Waals surface area contributed by atoms with Crippen LogP contribution in [-0.2, 0) is 4.79 Å². The molecular weight excluding hydrogens is 240 g/mol. The van der Waals surface area contributed by atoms with Crippen molar-refractivity contribution in [2.75, 3.05) is 0 Å². The first kappa shape index (κ1) is 11.7. The second-order valence-electron chi connectivity index (χ2n) is 4.58. The van der Waals surface area contributed by atoms with Crippen molar-refractivity contribution in [2.24, 2.45) is 0 Å². The Morgan fingerprint density at radius 1 is 0.947 bits per heavy atom. The predicted molar refractivity (Wildman–Crippen MR) is 70.3 cm³/mol. The molecule has 0 aromatic heterocycles. The lowest BCUT2D eigenvalue weighted by Crippen LogP contribution is -2.32. The van der Waals surface area contributed by atoms with Gasteiger partial charge in [-0.25, -0.2) is 0 Å². The van der Waals surface area contributed by atoms with Crippen molar-refractivity contribution in [3.8, 4) is 5.75 Å². The minimum absolute atomic E-state index is 0.185. The summed E-state index contributed by atoms with van der Waals surface area (Å²) < 4.78 is 5.29. The van der Waals surface area contributed by atoms with E-state index in [4.69, 9.17) is 4.74 Å². The summed E-state index contributed by atoms with van der Waals surface area (Å²) >= 11 is 0. The first-order chi connectivity index (χ1) is 9.18. The minimum Gasteiger partial charge on any atom is -0.425 e. The van der Waals surface area contributed by atoms with Crippen LogP contribution in [0.4, 0.5) is 0 Å². The molecule has 0 N–H and O–H groups in total. The van der Waals surface area contributed by atoms with Gasteiger partial charge >= 0.3 is 5.97 Å². The number of hydrogen-bond donors (Lipinski definition) is 0. The van der Waals surface area contributed by atoms with Gasteiger partial charge in [-0.1, -0.05) is 42.5 Å². The number of carbonyl (C=O) groups excluding carboxylic acids is 2. The van der Waals surface area contributed by atoms with Crippen LogP contribution in [0.3, 0.4) is 0 Å². The number of aryl methyl sites for hydroxylation is 1. The predicted octanol–water partition coefficient (Wildman–Crippen LogP) is 2.88. The van der Waals surface area contributed by atoms with Crippen molar-refractivity contribution in [2.45, 2.75) is 12.8 Å². The summed E-state index contributed by atoms with van der Waals surface area (Å²) in [5.41, 5.74) is 2.01. The van der Waals surface area contributed by atoms with Gasteiger partial charge in [-0.15, -0.1) is 0 Å². The van der Waals surface area contributed by atoms with Crippen molar-refractivity contribution >= 4 is 11.8 Å². The van der Waals surface area contributed by atoms with Gasteiger partial charge in [0.05, 0.1) is 5.56 Å². The van der Waals surface area contributed by atoms with E-state index in [1.807, 2.05) is 31.2 Å². The summed E-state index contributed by atoms with van der Waals surface area (Å²) in [4.78, 5) is 24.6. The molecule has 3 rings (SSSR count). The number of hydrogen-bond acceptors (Lipinski definition) is 3. The molecular formula is C16H12O3. The highest BCUT2D eigenvalue weighted by Gasteiger charge is 2.38. The van der Waals surface area contributed by atoms with E-state index in [0.717, 1.165) is 5.56 Å². The molecule has 94 valence electrons. The average molecular weight is 252 g/mol. The van der Waals surface area contributed by atoms with E-state index in [9.17, 15) is 9.59 Å². The second kappa shape index (κ2) is 4.35. The molecule has 1 heterocycles. The Bertz CT molecular complexity index is 659. The third-order valence-corrected chi connectivity index (χ3v) is 3.32. The summed E-state index contributed by atoms with van der Waals surface area (Å²) in [6.07, 6.45) is 0. The molecule has 1 unspecified atom stereocenters. The minimum atomic E-state index is -0.852. The molecule has 0 saturated carbocycles. The largest absolute Gasteiger partial charge is 0.425 e. The standard InChI is InChI=1S/C16H12O3/c1-10-6-5-9-12-13(10)15(17)14(16(18)19-12)11-7-3-2-4-8-11/h2-9,14H,1H3. The number of ketones is 1. The second-order valence-corrected chi connectivity index (χ2v) is 4.58. The Kier molecular flexibility index (Phi) is 2.67. The lowest BCUT2D eigenvalue weighted by Gasteiger charge is -2.23. The van der Waals surface area contributed by atoms with Gasteiger partial charge in [0.2, 0.25) is 0 Å². The fourth-order valence-electron chi connectivity index (χ4n) is 2.39. The number of fused-ring (bicyclic) bond motifs is 1. The van der Waals surface area contributed by atoms with Crippen molar-refractivity contribution in [1.82, 2.24) is 0 Å². The Morgan fingerprint density at radius 2 is 1.68 bits per heavy atom. The van der Waals surface area contributed by atoms with Crippen molar-refractivity contribution < 1.29 is 14.3 Å². The molecule has 0 aliphatic carbocycles. The Morgan fingerprint density at radius 3 is 2.42 bits per heavy atom. The molecule has 19 heavy (non-hydrogen) atoms. The van der Waals surface area contributed by atoms with E-state index in [-0.39, 0.29) is 5.78 Å². The Balaban J connectivity index is 2.13. The maximum absolute atomic E-state index is 12.5. The Labute approximate surface area is 110 Å². The van der Waals surface area contributed by atoms with Gasteiger partial charge in [-0.2, -0.15) is 0 Å². The summed E-state index contributed by atoms with van der Waals surface area (Å²) in [5, 5.41) is 0. The molecule has 2 aromatic carbocycles. The number of esters is 1. The van der Waals surface area contributed by atoms with Crippen LogP contribution in [0.15, 0.2) is 48.5 Å². The third-order valence-electron chi connectivity index (χ3n) is 3.32. The topological polar surface area (TPSA) is 43.4 Å². The highest BCUT2D eigenvalue weighted by Crippen LogP contribution is 2.34. The zero-order valence-corrected chi connectivity index (χ0v) is 10.4. The molecule has 1 atom stereocenters. The molecule has 3 heteroatoms. The Hall–Kier alpha value is -2.42. The lowest BCUT2D eigenvalue weighted by molar-refractivity contribution is -0.135. The monoisotopic (exact) mass is 252 g/mol. The van der Waals surface area contributed by atoms with Crippen molar-refractivity contribution in [3.63, 3.8) is 0 Å². The van der Waals surface area contributed by atoms with Gasteiger partial charge in [-0.05, 0) is 24.1 Å². The number of rotatable bonds is 1. The number of ether oxygens (including phenoxy) is 1. The molecule has 0 amide bonds. The third kappa shape index (κ3) is 1.83. The van der Waals surface area contributed by atoms with Crippen LogP contribution in [0.25, 0.3) is 0 Å². The van der Waals surface area contributed by atoms with E-state index in [1.54, 1.807) is 24.3 Å². The van der Waals surface area contributed by atoms with Crippen LogP contribution >= 0.6 is 0 Å². The van der Waals surface area contributed by atoms with Gasteiger partial charge < -0.3 is 4.74 Å². The van der Waals surface area contributed by atoms with Crippen molar-refractivity contribution in [3.05, 3.63) is 65.2 Å². The summed E-state index contributed by atoms with van der Waals surface area (Å²) in [7, 11) is 0. The lowest BCUT2D eigenvalue weighted by atomic mass is 9.86. The van der Waals surface area contributed by atoms with Crippen LogP contribution in [0, 0.1) is 6.92 Å². The van der Waals surface area contributed by atoms with Crippen LogP contribution in [0.1, 0.15) is 27.4 Å². The van der Waals surface area contributed by atoms with E-state index >= 15 is 0 Å². The van der Waals surface area contributed by atoms with E-state index in [1.165, 1.54) is 0 Å².